The summed E-state index contributed by atoms with van der Waals surface area (Å²) in [7, 11) is 0. The van der Waals surface area contributed by atoms with Gasteiger partial charge in [0.15, 0.2) is 5.78 Å². The van der Waals surface area contributed by atoms with Crippen LogP contribution in [0.5, 0.6) is 0 Å². The van der Waals surface area contributed by atoms with Gasteiger partial charge in [0.25, 0.3) is 0 Å². The van der Waals surface area contributed by atoms with Crippen molar-refractivity contribution in [3.05, 3.63) is 83.6 Å². The number of carbonyl (C=O) groups is 2. The van der Waals surface area contributed by atoms with Crippen molar-refractivity contribution in [2.24, 2.45) is 5.92 Å². The smallest absolute Gasteiger partial charge is 0.349 e. The molecular weight excluding hydrogens is 378 g/mol. The molecule has 0 bridgehead atoms. The first-order valence-electron chi connectivity index (χ1n) is 9.99. The van der Waals surface area contributed by atoms with Crippen molar-refractivity contribution < 1.29 is 19.1 Å². The van der Waals surface area contributed by atoms with Gasteiger partial charge in [0.2, 0.25) is 0 Å². The van der Waals surface area contributed by atoms with Crippen LogP contribution in [-0.2, 0) is 19.1 Å². The number of nitrogens with zero attached hydrogens (tertiary/aromatic N) is 1. The lowest BCUT2D eigenvalue weighted by Crippen LogP contribution is -2.42. The lowest BCUT2D eigenvalue weighted by molar-refractivity contribution is -0.149. The SMILES string of the molecule is N#C/C(=C\c1ccccc1)C(=O)OC1CCC2C(=O)C(c3ccccc3)=COC2C1. The summed E-state index contributed by atoms with van der Waals surface area (Å²) in [4.78, 5) is 25.4. The molecule has 0 aromatic heterocycles. The third-order valence-electron chi connectivity index (χ3n) is 5.52. The van der Waals surface area contributed by atoms with Crippen LogP contribution in [0.25, 0.3) is 11.6 Å². The molecule has 0 amide bonds. The molecule has 3 atom stereocenters. The van der Waals surface area contributed by atoms with E-state index in [4.69, 9.17) is 9.47 Å². The minimum absolute atomic E-state index is 0.0461. The van der Waals surface area contributed by atoms with Crippen LogP contribution in [0.15, 0.2) is 72.5 Å². The molecule has 5 heteroatoms. The second-order valence-electron chi connectivity index (χ2n) is 7.46. The molecule has 1 aliphatic heterocycles. The Morgan fingerprint density at radius 1 is 1.07 bits per heavy atom. The summed E-state index contributed by atoms with van der Waals surface area (Å²) in [6.07, 6.45) is 3.92. The van der Waals surface area contributed by atoms with Crippen LogP contribution in [-0.4, -0.2) is 24.0 Å². The third-order valence-corrected chi connectivity index (χ3v) is 5.52. The van der Waals surface area contributed by atoms with E-state index in [9.17, 15) is 14.9 Å². The number of ether oxygens (including phenoxy) is 2. The van der Waals surface area contributed by atoms with Gasteiger partial charge in [-0.3, -0.25) is 4.79 Å². The number of Topliss-reactive ketones (excluding diaryl/α,β-unsaturated/α-hetero) is 1. The number of fused-ring (bicyclic) bond motifs is 1. The highest BCUT2D eigenvalue weighted by atomic mass is 16.5. The molecule has 30 heavy (non-hydrogen) atoms. The fourth-order valence-corrected chi connectivity index (χ4v) is 3.96. The minimum atomic E-state index is -0.646. The highest BCUT2D eigenvalue weighted by Crippen LogP contribution is 2.37. The number of rotatable bonds is 4. The molecule has 1 saturated carbocycles. The first-order chi connectivity index (χ1) is 14.7. The van der Waals surface area contributed by atoms with Gasteiger partial charge in [0.05, 0.1) is 17.8 Å². The molecule has 5 nitrogen and oxygen atoms in total. The molecule has 4 rings (SSSR count). The predicted molar refractivity (Wildman–Crippen MR) is 112 cm³/mol. The Bertz CT molecular complexity index is 1030. The topological polar surface area (TPSA) is 76.4 Å². The Morgan fingerprint density at radius 3 is 2.47 bits per heavy atom. The molecule has 0 saturated heterocycles. The zero-order valence-electron chi connectivity index (χ0n) is 16.4. The normalized spacial score (nSPS) is 23.4. The first kappa shape index (κ1) is 19.7. The number of hydrogen-bond donors (Lipinski definition) is 0. The van der Waals surface area contributed by atoms with Gasteiger partial charge in [0.1, 0.15) is 23.9 Å². The van der Waals surface area contributed by atoms with Gasteiger partial charge in [-0.2, -0.15) is 5.26 Å². The number of carbonyl (C=O) groups excluding carboxylic acids is 2. The summed E-state index contributed by atoms with van der Waals surface area (Å²) in [5, 5.41) is 9.35. The van der Waals surface area contributed by atoms with Gasteiger partial charge in [-0.1, -0.05) is 60.7 Å². The van der Waals surface area contributed by atoms with Gasteiger partial charge in [-0.15, -0.1) is 0 Å². The molecule has 1 aliphatic carbocycles. The van der Waals surface area contributed by atoms with Crippen molar-refractivity contribution in [2.75, 3.05) is 0 Å². The van der Waals surface area contributed by atoms with Crippen LogP contribution < -0.4 is 0 Å². The Kier molecular flexibility index (Phi) is 5.76. The van der Waals surface area contributed by atoms with Crippen LogP contribution in [0.2, 0.25) is 0 Å². The maximum atomic E-state index is 12.9. The summed E-state index contributed by atoms with van der Waals surface area (Å²) >= 11 is 0. The number of esters is 1. The van der Waals surface area contributed by atoms with Crippen LogP contribution in [0.1, 0.15) is 30.4 Å². The molecule has 150 valence electrons. The second kappa shape index (κ2) is 8.79. The lowest BCUT2D eigenvalue weighted by Gasteiger charge is -2.37. The van der Waals surface area contributed by atoms with Crippen LogP contribution in [0.3, 0.4) is 0 Å². The fourth-order valence-electron chi connectivity index (χ4n) is 3.96. The number of ketones is 1. The van der Waals surface area contributed by atoms with E-state index in [1.54, 1.807) is 0 Å². The van der Waals surface area contributed by atoms with Crippen molar-refractivity contribution >= 4 is 23.4 Å². The molecule has 0 N–H and O–H groups in total. The number of allylic oxidation sites excluding steroid dienone is 1. The van der Waals surface area contributed by atoms with E-state index in [-0.39, 0.29) is 29.5 Å². The van der Waals surface area contributed by atoms with Crippen LogP contribution in [0.4, 0.5) is 0 Å². The Labute approximate surface area is 175 Å². The van der Waals surface area contributed by atoms with Crippen molar-refractivity contribution in [2.45, 2.75) is 31.5 Å². The van der Waals surface area contributed by atoms with Crippen molar-refractivity contribution in [3.63, 3.8) is 0 Å². The second-order valence-corrected chi connectivity index (χ2v) is 7.46. The monoisotopic (exact) mass is 399 g/mol. The Balaban J connectivity index is 1.42. The molecule has 2 aliphatic rings. The number of nitriles is 1. The summed E-state index contributed by atoms with van der Waals surface area (Å²) in [6, 6.07) is 20.6. The molecule has 2 aromatic carbocycles. The van der Waals surface area contributed by atoms with Gasteiger partial charge >= 0.3 is 5.97 Å². The highest BCUT2D eigenvalue weighted by molar-refractivity contribution is 6.22. The molecule has 1 heterocycles. The molecule has 0 spiro atoms. The standard InChI is InChI=1S/C25H21NO4/c26-15-19(13-17-7-3-1-4-8-17)25(28)30-20-11-12-21-23(14-20)29-16-22(24(21)27)18-9-5-2-6-10-18/h1-10,13,16,20-21,23H,11-12,14H2/b19-13+. The van der Waals surface area contributed by atoms with Gasteiger partial charge < -0.3 is 9.47 Å². The van der Waals surface area contributed by atoms with E-state index in [0.29, 0.717) is 24.8 Å². The first-order valence-corrected chi connectivity index (χ1v) is 9.99. The van der Waals surface area contributed by atoms with E-state index >= 15 is 0 Å². The van der Waals surface area contributed by atoms with E-state index in [1.165, 1.54) is 12.3 Å². The fraction of sp³-hybridized carbons (Fsp3) is 0.240. The van der Waals surface area contributed by atoms with Gasteiger partial charge in [0, 0.05) is 6.42 Å². The predicted octanol–water partition coefficient (Wildman–Crippen LogP) is 4.31. The molecular formula is C25H21NO4. The average molecular weight is 399 g/mol. The van der Waals surface area contributed by atoms with Crippen LogP contribution in [0, 0.1) is 17.2 Å². The molecule has 1 fully saturated rings. The molecule has 3 unspecified atom stereocenters. The van der Waals surface area contributed by atoms with Gasteiger partial charge in [-0.25, -0.2) is 4.79 Å². The van der Waals surface area contributed by atoms with E-state index < -0.39 is 5.97 Å². The van der Waals surface area contributed by atoms with Crippen molar-refractivity contribution in [1.82, 2.24) is 0 Å². The van der Waals surface area contributed by atoms with Gasteiger partial charge in [-0.05, 0) is 30.0 Å². The maximum Gasteiger partial charge on any atom is 0.349 e. The quantitative estimate of drug-likeness (QED) is 0.435. The Hall–Kier alpha value is -3.65. The maximum absolute atomic E-state index is 12.9. The molecule has 2 aromatic rings. The van der Waals surface area contributed by atoms with Crippen molar-refractivity contribution in [1.29, 1.82) is 5.26 Å². The summed E-state index contributed by atoms with van der Waals surface area (Å²) in [5.74, 6) is -0.813. The van der Waals surface area contributed by atoms with E-state index in [2.05, 4.69) is 0 Å². The van der Waals surface area contributed by atoms with E-state index in [0.717, 1.165) is 11.1 Å². The zero-order valence-corrected chi connectivity index (χ0v) is 16.4. The van der Waals surface area contributed by atoms with Crippen molar-refractivity contribution in [3.8, 4) is 6.07 Å². The van der Waals surface area contributed by atoms with E-state index in [1.807, 2.05) is 66.7 Å². The summed E-state index contributed by atoms with van der Waals surface area (Å²) in [5.41, 5.74) is 2.15. The molecule has 0 radical (unpaired) electrons. The highest BCUT2D eigenvalue weighted by Gasteiger charge is 2.41. The number of hydrogen-bond acceptors (Lipinski definition) is 5. The van der Waals surface area contributed by atoms with Crippen LogP contribution >= 0.6 is 0 Å². The number of benzene rings is 2. The Morgan fingerprint density at radius 2 is 1.77 bits per heavy atom. The summed E-state index contributed by atoms with van der Waals surface area (Å²) < 4.78 is 11.4. The largest absolute Gasteiger partial charge is 0.496 e. The minimum Gasteiger partial charge on any atom is -0.496 e. The summed E-state index contributed by atoms with van der Waals surface area (Å²) in [6.45, 7) is 0. The third kappa shape index (κ3) is 4.18. The average Bonchev–Trinajstić information content (AvgIpc) is 2.79. The lowest BCUT2D eigenvalue weighted by atomic mass is 9.78. The zero-order chi connectivity index (χ0) is 20.9.